The second-order valence-corrected chi connectivity index (χ2v) is 6.69. The molecule has 1 fully saturated rings. The van der Waals surface area contributed by atoms with Crippen LogP contribution in [-0.4, -0.2) is 72.1 Å². The number of pyridine rings is 2. The van der Waals surface area contributed by atoms with E-state index in [9.17, 15) is 0 Å². The largest absolute Gasteiger partial charge is 0.314 e. The summed E-state index contributed by atoms with van der Waals surface area (Å²) in [6, 6.07) is 12.3. The zero-order valence-electron chi connectivity index (χ0n) is 15.5. The highest BCUT2D eigenvalue weighted by atomic mass is 15.2. The Balaban J connectivity index is 1.46. The second kappa shape index (κ2) is 11.0. The van der Waals surface area contributed by atoms with Crippen molar-refractivity contribution in [3.63, 3.8) is 0 Å². The molecule has 0 atom stereocenters. The van der Waals surface area contributed by atoms with Crippen molar-refractivity contribution in [3.05, 3.63) is 60.2 Å². The van der Waals surface area contributed by atoms with Crippen LogP contribution in [0.4, 0.5) is 0 Å². The molecule has 6 nitrogen and oxygen atoms in total. The van der Waals surface area contributed by atoms with Gasteiger partial charge in [-0.15, -0.1) is 0 Å². The lowest BCUT2D eigenvalue weighted by Gasteiger charge is -2.26. The van der Waals surface area contributed by atoms with Gasteiger partial charge in [0.2, 0.25) is 0 Å². The summed E-state index contributed by atoms with van der Waals surface area (Å²) in [4.78, 5) is 13.8. The lowest BCUT2D eigenvalue weighted by atomic mass is 10.3. The summed E-state index contributed by atoms with van der Waals surface area (Å²) in [5.74, 6) is 0. The lowest BCUT2D eigenvalue weighted by molar-refractivity contribution is 0.231. The van der Waals surface area contributed by atoms with Crippen LogP contribution in [0, 0.1) is 0 Å². The first-order valence-corrected chi connectivity index (χ1v) is 9.56. The van der Waals surface area contributed by atoms with Gasteiger partial charge in [-0.2, -0.15) is 0 Å². The van der Waals surface area contributed by atoms with Gasteiger partial charge in [0.15, 0.2) is 0 Å². The van der Waals surface area contributed by atoms with Crippen molar-refractivity contribution < 1.29 is 0 Å². The number of nitrogens with zero attached hydrogens (tertiary/aromatic N) is 4. The van der Waals surface area contributed by atoms with Gasteiger partial charge in [0.05, 0.1) is 11.4 Å². The third-order valence-electron chi connectivity index (χ3n) is 4.64. The molecule has 2 N–H and O–H groups in total. The van der Waals surface area contributed by atoms with E-state index in [-0.39, 0.29) is 0 Å². The van der Waals surface area contributed by atoms with E-state index in [1.807, 2.05) is 24.5 Å². The van der Waals surface area contributed by atoms with Gasteiger partial charge < -0.3 is 10.6 Å². The number of hydrogen-bond donors (Lipinski definition) is 2. The monoisotopic (exact) mass is 354 g/mol. The Bertz CT molecular complexity index is 539. The van der Waals surface area contributed by atoms with Gasteiger partial charge >= 0.3 is 0 Å². The van der Waals surface area contributed by atoms with Crippen LogP contribution < -0.4 is 10.6 Å². The fraction of sp³-hybridized carbons (Fsp3) is 0.500. The molecule has 0 aromatic carbocycles. The highest BCUT2D eigenvalue weighted by Gasteiger charge is 2.10. The standard InChI is InChI=1S/C20H30N6/c1-3-7-23-19(5-1)17-25-13-9-21-11-15-26(16-12-22-10-14-25)18-20-6-2-4-8-24-20/h1-8,21-22H,9-18H2. The van der Waals surface area contributed by atoms with Crippen LogP contribution in [-0.2, 0) is 13.1 Å². The normalized spacial score (nSPS) is 18.8. The molecule has 0 bridgehead atoms. The van der Waals surface area contributed by atoms with Gasteiger partial charge in [0.1, 0.15) is 0 Å². The van der Waals surface area contributed by atoms with Gasteiger partial charge in [-0.1, -0.05) is 12.1 Å². The van der Waals surface area contributed by atoms with Gasteiger partial charge in [-0.3, -0.25) is 19.8 Å². The van der Waals surface area contributed by atoms with E-state index in [0.29, 0.717) is 0 Å². The average molecular weight is 355 g/mol. The molecular formula is C20H30N6. The molecule has 1 saturated heterocycles. The zero-order valence-corrected chi connectivity index (χ0v) is 15.5. The van der Waals surface area contributed by atoms with E-state index in [1.165, 1.54) is 0 Å². The molecule has 0 amide bonds. The van der Waals surface area contributed by atoms with Crippen LogP contribution in [0.15, 0.2) is 48.8 Å². The molecule has 0 saturated carbocycles. The molecule has 3 rings (SSSR count). The molecule has 1 aliphatic rings. The number of aromatic nitrogens is 2. The second-order valence-electron chi connectivity index (χ2n) is 6.69. The van der Waals surface area contributed by atoms with Crippen molar-refractivity contribution in [1.82, 2.24) is 30.4 Å². The molecule has 26 heavy (non-hydrogen) atoms. The molecule has 0 aliphatic carbocycles. The van der Waals surface area contributed by atoms with Crippen LogP contribution in [0.3, 0.4) is 0 Å². The predicted octanol–water partition coefficient (Wildman–Crippen LogP) is 0.974. The maximum atomic E-state index is 4.46. The van der Waals surface area contributed by atoms with E-state index < -0.39 is 0 Å². The Morgan fingerprint density at radius 2 is 1.08 bits per heavy atom. The van der Waals surface area contributed by atoms with Crippen molar-refractivity contribution in [3.8, 4) is 0 Å². The van der Waals surface area contributed by atoms with E-state index in [4.69, 9.17) is 0 Å². The van der Waals surface area contributed by atoms with Crippen molar-refractivity contribution >= 4 is 0 Å². The van der Waals surface area contributed by atoms with Crippen molar-refractivity contribution in [2.45, 2.75) is 13.1 Å². The molecule has 1 aliphatic heterocycles. The summed E-state index contributed by atoms with van der Waals surface area (Å²) < 4.78 is 0. The van der Waals surface area contributed by atoms with Crippen molar-refractivity contribution in [2.75, 3.05) is 52.4 Å². The molecule has 0 unspecified atom stereocenters. The SMILES string of the molecule is c1ccc(CN2CCNCCN(Cc3ccccn3)CCNCC2)nc1. The van der Waals surface area contributed by atoms with E-state index in [0.717, 1.165) is 76.8 Å². The number of rotatable bonds is 4. The van der Waals surface area contributed by atoms with E-state index in [2.05, 4.69) is 54.7 Å². The highest BCUT2D eigenvalue weighted by Crippen LogP contribution is 2.02. The molecule has 0 radical (unpaired) electrons. The first-order valence-electron chi connectivity index (χ1n) is 9.56. The lowest BCUT2D eigenvalue weighted by Crippen LogP contribution is -2.43. The molecule has 140 valence electrons. The van der Waals surface area contributed by atoms with Gasteiger partial charge in [0, 0.05) is 77.8 Å². The fourth-order valence-corrected chi connectivity index (χ4v) is 3.18. The summed E-state index contributed by atoms with van der Waals surface area (Å²) in [6.45, 7) is 10.0. The maximum Gasteiger partial charge on any atom is 0.0543 e. The quantitative estimate of drug-likeness (QED) is 0.854. The molecule has 6 heteroatoms. The minimum atomic E-state index is 0.913. The fourth-order valence-electron chi connectivity index (χ4n) is 3.18. The Labute approximate surface area is 156 Å². The Morgan fingerprint density at radius 1 is 0.654 bits per heavy atom. The molecule has 2 aromatic heterocycles. The van der Waals surface area contributed by atoms with Crippen LogP contribution in [0.1, 0.15) is 11.4 Å². The van der Waals surface area contributed by atoms with Gasteiger partial charge in [-0.05, 0) is 24.3 Å². The predicted molar refractivity (Wildman–Crippen MR) is 105 cm³/mol. The van der Waals surface area contributed by atoms with Gasteiger partial charge in [0.25, 0.3) is 0 Å². The summed E-state index contributed by atoms with van der Waals surface area (Å²) in [5, 5.41) is 7.18. The topological polar surface area (TPSA) is 56.3 Å². The van der Waals surface area contributed by atoms with E-state index >= 15 is 0 Å². The summed E-state index contributed by atoms with van der Waals surface area (Å²) in [6.07, 6.45) is 3.75. The molecule has 0 spiro atoms. The average Bonchev–Trinajstić information content (AvgIpc) is 2.67. The number of hydrogen-bond acceptors (Lipinski definition) is 6. The van der Waals surface area contributed by atoms with Crippen molar-refractivity contribution in [2.24, 2.45) is 0 Å². The molecular weight excluding hydrogens is 324 g/mol. The van der Waals surface area contributed by atoms with Crippen molar-refractivity contribution in [1.29, 1.82) is 0 Å². The smallest absolute Gasteiger partial charge is 0.0543 e. The Hall–Kier alpha value is -1.86. The third kappa shape index (κ3) is 6.80. The Morgan fingerprint density at radius 3 is 1.42 bits per heavy atom. The highest BCUT2D eigenvalue weighted by molar-refractivity contribution is 5.04. The van der Waals surface area contributed by atoms with Crippen LogP contribution in [0.25, 0.3) is 0 Å². The third-order valence-corrected chi connectivity index (χ3v) is 4.64. The Kier molecular flexibility index (Phi) is 7.99. The minimum absolute atomic E-state index is 0.913. The van der Waals surface area contributed by atoms with Crippen LogP contribution in [0.5, 0.6) is 0 Å². The van der Waals surface area contributed by atoms with Crippen LogP contribution in [0.2, 0.25) is 0 Å². The summed E-state index contributed by atoms with van der Waals surface area (Å²) >= 11 is 0. The van der Waals surface area contributed by atoms with E-state index in [1.54, 1.807) is 0 Å². The van der Waals surface area contributed by atoms with Crippen LogP contribution >= 0.6 is 0 Å². The first-order chi connectivity index (χ1) is 12.9. The minimum Gasteiger partial charge on any atom is -0.314 e. The molecule has 2 aromatic rings. The maximum absolute atomic E-state index is 4.46. The number of nitrogens with one attached hydrogen (secondary N) is 2. The van der Waals surface area contributed by atoms with Gasteiger partial charge in [-0.25, -0.2) is 0 Å². The summed E-state index contributed by atoms with van der Waals surface area (Å²) in [7, 11) is 0. The zero-order chi connectivity index (χ0) is 17.9. The first kappa shape index (κ1) is 18.9. The summed E-state index contributed by atoms with van der Waals surface area (Å²) in [5.41, 5.74) is 2.28. The molecule has 3 heterocycles.